The topological polar surface area (TPSA) is 100 Å². The van der Waals surface area contributed by atoms with Crippen molar-refractivity contribution in [3.05, 3.63) is 53.6 Å². The van der Waals surface area contributed by atoms with E-state index in [1.807, 2.05) is 0 Å². The number of hydrogen-bond donors (Lipinski definition) is 2. The Bertz CT molecular complexity index is 1040. The Labute approximate surface area is 192 Å². The molecule has 174 valence electrons. The molecular formula is C24H28N4O5. The first-order valence-electron chi connectivity index (χ1n) is 11.0. The summed E-state index contributed by atoms with van der Waals surface area (Å²) in [5.41, 5.74) is 1.58. The molecule has 2 fully saturated rings. The molecule has 4 amide bonds. The SMILES string of the molecule is COc1ccc(C(=O)N2CCN(C(=O)c3cccc(NC(=O)NC4CC4)c3)CC2)cc1OC. The fourth-order valence-corrected chi connectivity index (χ4v) is 3.76. The summed E-state index contributed by atoms with van der Waals surface area (Å²) in [5.74, 6) is 0.818. The Balaban J connectivity index is 1.34. The van der Waals surface area contributed by atoms with E-state index in [2.05, 4.69) is 10.6 Å². The van der Waals surface area contributed by atoms with Crippen LogP contribution in [0, 0.1) is 0 Å². The predicted octanol–water partition coefficient (Wildman–Crippen LogP) is 2.59. The Hall–Kier alpha value is -3.75. The second kappa shape index (κ2) is 9.81. The molecule has 1 saturated heterocycles. The average Bonchev–Trinajstić information content (AvgIpc) is 3.66. The highest BCUT2D eigenvalue weighted by Gasteiger charge is 2.27. The minimum atomic E-state index is -0.260. The number of ether oxygens (including phenoxy) is 2. The number of benzene rings is 2. The molecule has 2 N–H and O–H groups in total. The second-order valence-electron chi connectivity index (χ2n) is 8.11. The van der Waals surface area contributed by atoms with Crippen LogP contribution in [0.2, 0.25) is 0 Å². The minimum absolute atomic E-state index is 0.115. The number of piperazine rings is 1. The summed E-state index contributed by atoms with van der Waals surface area (Å²) in [4.78, 5) is 41.3. The van der Waals surface area contributed by atoms with Gasteiger partial charge in [0.05, 0.1) is 14.2 Å². The molecule has 0 unspecified atom stereocenters. The first kappa shape index (κ1) is 22.4. The molecule has 9 heteroatoms. The summed E-state index contributed by atoms with van der Waals surface area (Å²) in [5, 5.41) is 5.64. The summed E-state index contributed by atoms with van der Waals surface area (Å²) in [6.07, 6.45) is 2.01. The van der Waals surface area contributed by atoms with Crippen molar-refractivity contribution >= 4 is 23.5 Å². The molecule has 0 atom stereocenters. The van der Waals surface area contributed by atoms with Crippen LogP contribution in [0.3, 0.4) is 0 Å². The van der Waals surface area contributed by atoms with Crippen LogP contribution in [0.4, 0.5) is 10.5 Å². The molecule has 0 radical (unpaired) electrons. The molecule has 4 rings (SSSR count). The van der Waals surface area contributed by atoms with E-state index in [9.17, 15) is 14.4 Å². The summed E-state index contributed by atoms with van der Waals surface area (Å²) >= 11 is 0. The van der Waals surface area contributed by atoms with E-state index in [1.54, 1.807) is 59.4 Å². The van der Waals surface area contributed by atoms with Crippen LogP contribution in [0.15, 0.2) is 42.5 Å². The Morgan fingerprint density at radius 2 is 1.42 bits per heavy atom. The fourth-order valence-electron chi connectivity index (χ4n) is 3.76. The van der Waals surface area contributed by atoms with E-state index in [0.29, 0.717) is 54.5 Å². The third kappa shape index (κ3) is 5.36. The number of urea groups is 1. The number of rotatable bonds is 6. The number of carbonyl (C=O) groups excluding carboxylic acids is 3. The highest BCUT2D eigenvalue weighted by Crippen LogP contribution is 2.28. The van der Waals surface area contributed by atoms with E-state index >= 15 is 0 Å². The van der Waals surface area contributed by atoms with Gasteiger partial charge in [-0.3, -0.25) is 9.59 Å². The maximum absolute atomic E-state index is 13.0. The smallest absolute Gasteiger partial charge is 0.319 e. The molecule has 1 saturated carbocycles. The zero-order valence-electron chi connectivity index (χ0n) is 18.8. The van der Waals surface area contributed by atoms with Crippen molar-refractivity contribution in [1.82, 2.24) is 15.1 Å². The molecular weight excluding hydrogens is 424 g/mol. The van der Waals surface area contributed by atoms with Gasteiger partial charge in [0.1, 0.15) is 0 Å². The van der Waals surface area contributed by atoms with Gasteiger partial charge in [0.15, 0.2) is 11.5 Å². The Kier molecular flexibility index (Phi) is 6.67. The maximum Gasteiger partial charge on any atom is 0.319 e. The van der Waals surface area contributed by atoms with E-state index in [-0.39, 0.29) is 23.9 Å². The van der Waals surface area contributed by atoms with Gasteiger partial charge >= 0.3 is 6.03 Å². The van der Waals surface area contributed by atoms with Gasteiger partial charge in [-0.05, 0) is 49.2 Å². The molecule has 0 bridgehead atoms. The van der Waals surface area contributed by atoms with Gasteiger partial charge in [0, 0.05) is 49.0 Å². The number of nitrogens with zero attached hydrogens (tertiary/aromatic N) is 2. The lowest BCUT2D eigenvalue weighted by Crippen LogP contribution is -2.50. The molecule has 2 aromatic rings. The van der Waals surface area contributed by atoms with E-state index < -0.39 is 0 Å². The van der Waals surface area contributed by atoms with Crippen LogP contribution in [0.1, 0.15) is 33.6 Å². The van der Waals surface area contributed by atoms with Gasteiger partial charge in [0.2, 0.25) is 0 Å². The third-order valence-electron chi connectivity index (χ3n) is 5.76. The average molecular weight is 453 g/mol. The van der Waals surface area contributed by atoms with Crippen molar-refractivity contribution in [3.8, 4) is 11.5 Å². The number of carbonyl (C=O) groups is 3. The zero-order valence-corrected chi connectivity index (χ0v) is 18.8. The van der Waals surface area contributed by atoms with E-state index in [0.717, 1.165) is 12.8 Å². The van der Waals surface area contributed by atoms with E-state index in [1.165, 1.54) is 7.11 Å². The molecule has 2 aromatic carbocycles. The Morgan fingerprint density at radius 1 is 0.818 bits per heavy atom. The minimum Gasteiger partial charge on any atom is -0.493 e. The first-order valence-corrected chi connectivity index (χ1v) is 11.0. The molecule has 33 heavy (non-hydrogen) atoms. The highest BCUT2D eigenvalue weighted by atomic mass is 16.5. The van der Waals surface area contributed by atoms with Gasteiger partial charge in [-0.1, -0.05) is 6.07 Å². The lowest BCUT2D eigenvalue weighted by Gasteiger charge is -2.35. The van der Waals surface area contributed by atoms with Crippen molar-refractivity contribution < 1.29 is 23.9 Å². The van der Waals surface area contributed by atoms with Crippen molar-refractivity contribution in [1.29, 1.82) is 0 Å². The molecule has 0 aromatic heterocycles. The molecule has 0 spiro atoms. The maximum atomic E-state index is 13.0. The number of methoxy groups -OCH3 is 2. The molecule has 1 heterocycles. The summed E-state index contributed by atoms with van der Waals surface area (Å²) in [6, 6.07) is 12.0. The molecule has 2 aliphatic rings. The lowest BCUT2D eigenvalue weighted by atomic mass is 10.1. The van der Waals surface area contributed by atoms with Crippen LogP contribution in [0.25, 0.3) is 0 Å². The van der Waals surface area contributed by atoms with Crippen LogP contribution < -0.4 is 20.1 Å². The Morgan fingerprint density at radius 3 is 2.00 bits per heavy atom. The van der Waals surface area contributed by atoms with Crippen molar-refractivity contribution in [2.45, 2.75) is 18.9 Å². The van der Waals surface area contributed by atoms with Crippen molar-refractivity contribution in [2.24, 2.45) is 0 Å². The normalized spacial score (nSPS) is 15.6. The van der Waals surface area contributed by atoms with Gasteiger partial charge < -0.3 is 29.9 Å². The number of amides is 4. The number of hydrogen-bond acceptors (Lipinski definition) is 5. The fraction of sp³-hybridized carbons (Fsp3) is 0.375. The standard InChI is InChI=1S/C24H28N4O5/c1-32-20-9-6-17(15-21(20)33-2)23(30)28-12-10-27(11-13-28)22(29)16-4-3-5-19(14-16)26-24(31)25-18-7-8-18/h3-6,9,14-15,18H,7-8,10-13H2,1-2H3,(H2,25,26,31). The van der Waals surface area contributed by atoms with Crippen LogP contribution in [0.5, 0.6) is 11.5 Å². The van der Waals surface area contributed by atoms with Crippen LogP contribution >= 0.6 is 0 Å². The predicted molar refractivity (Wildman–Crippen MR) is 123 cm³/mol. The molecule has 1 aliphatic carbocycles. The summed E-state index contributed by atoms with van der Waals surface area (Å²) < 4.78 is 10.5. The quantitative estimate of drug-likeness (QED) is 0.702. The molecule has 9 nitrogen and oxygen atoms in total. The van der Waals surface area contributed by atoms with Crippen molar-refractivity contribution in [2.75, 3.05) is 45.7 Å². The van der Waals surface area contributed by atoms with Gasteiger partial charge in [-0.2, -0.15) is 0 Å². The largest absolute Gasteiger partial charge is 0.493 e. The van der Waals surface area contributed by atoms with Gasteiger partial charge in [-0.15, -0.1) is 0 Å². The van der Waals surface area contributed by atoms with E-state index in [4.69, 9.17) is 9.47 Å². The lowest BCUT2D eigenvalue weighted by molar-refractivity contribution is 0.0535. The first-order chi connectivity index (χ1) is 16.0. The zero-order chi connectivity index (χ0) is 23.4. The monoisotopic (exact) mass is 452 g/mol. The van der Waals surface area contributed by atoms with Crippen LogP contribution in [-0.2, 0) is 0 Å². The highest BCUT2D eigenvalue weighted by molar-refractivity contribution is 5.98. The number of anilines is 1. The third-order valence-corrected chi connectivity index (χ3v) is 5.76. The van der Waals surface area contributed by atoms with Gasteiger partial charge in [-0.25, -0.2) is 4.79 Å². The van der Waals surface area contributed by atoms with Crippen molar-refractivity contribution in [3.63, 3.8) is 0 Å². The summed E-state index contributed by atoms with van der Waals surface area (Å²) in [7, 11) is 3.07. The number of nitrogens with one attached hydrogen (secondary N) is 2. The summed E-state index contributed by atoms with van der Waals surface area (Å²) in [6.45, 7) is 1.72. The second-order valence-corrected chi connectivity index (χ2v) is 8.11. The molecule has 1 aliphatic heterocycles. The van der Waals surface area contributed by atoms with Crippen LogP contribution in [-0.4, -0.2) is 74.1 Å². The van der Waals surface area contributed by atoms with Gasteiger partial charge in [0.25, 0.3) is 11.8 Å².